The third-order valence-electron chi connectivity index (χ3n) is 3.14. The van der Waals surface area contributed by atoms with Crippen molar-refractivity contribution >= 4 is 11.8 Å². The summed E-state index contributed by atoms with van der Waals surface area (Å²) in [5, 5.41) is 0. The van der Waals surface area contributed by atoms with Crippen LogP contribution in [-0.2, 0) is 16.1 Å². The normalized spacial score (nSPS) is 12.9. The number of carbonyl (C=O) groups excluding carboxylic acids is 2. The van der Waals surface area contributed by atoms with Crippen LogP contribution in [0.2, 0.25) is 0 Å². The molecule has 0 aliphatic heterocycles. The molecule has 0 N–H and O–H groups in total. The first-order valence-electron chi connectivity index (χ1n) is 6.39. The molecule has 0 aliphatic rings. The molecule has 0 saturated heterocycles. The fourth-order valence-corrected chi connectivity index (χ4v) is 1.36. The number of rotatable bonds is 4. The van der Waals surface area contributed by atoms with Crippen LogP contribution in [0.1, 0.15) is 45.0 Å². The first kappa shape index (κ1) is 15.3. The van der Waals surface area contributed by atoms with E-state index in [1.165, 1.54) is 6.92 Å². The van der Waals surface area contributed by atoms with Crippen molar-refractivity contribution in [1.82, 2.24) is 0 Å². The van der Waals surface area contributed by atoms with Gasteiger partial charge in [0.05, 0.1) is 0 Å². The minimum Gasteiger partial charge on any atom is -0.457 e. The van der Waals surface area contributed by atoms with Crippen molar-refractivity contribution in [3.8, 4) is 0 Å². The van der Waals surface area contributed by atoms with Crippen molar-refractivity contribution in [3.63, 3.8) is 0 Å². The second-order valence-corrected chi connectivity index (χ2v) is 5.81. The van der Waals surface area contributed by atoms with Crippen LogP contribution in [0, 0.1) is 5.41 Å². The zero-order valence-corrected chi connectivity index (χ0v) is 12.3. The summed E-state index contributed by atoms with van der Waals surface area (Å²) in [4.78, 5) is 22.9. The molecule has 0 bridgehead atoms. The van der Waals surface area contributed by atoms with Gasteiger partial charge in [0.15, 0.2) is 18.2 Å². The Morgan fingerprint density at radius 2 is 1.79 bits per heavy atom. The largest absolute Gasteiger partial charge is 0.457 e. The Morgan fingerprint density at radius 3 is 2.21 bits per heavy atom. The first-order chi connectivity index (χ1) is 8.70. The van der Waals surface area contributed by atoms with Crippen molar-refractivity contribution in [2.75, 3.05) is 0 Å². The molecule has 4 nitrogen and oxygen atoms in total. The lowest BCUT2D eigenvalue weighted by atomic mass is 9.90. The lowest BCUT2D eigenvalue weighted by Gasteiger charge is -2.26. The van der Waals surface area contributed by atoms with E-state index in [4.69, 9.17) is 4.74 Å². The maximum Gasteiger partial charge on any atom is 0.372 e. The molecule has 1 rings (SSSR count). The van der Waals surface area contributed by atoms with E-state index >= 15 is 0 Å². The molecule has 104 valence electrons. The molecule has 1 atom stereocenters. The Morgan fingerprint density at radius 1 is 1.26 bits per heavy atom. The van der Waals surface area contributed by atoms with Gasteiger partial charge in [-0.05, 0) is 19.3 Å². The molecule has 1 heterocycles. The molecule has 0 radical (unpaired) electrons. The van der Waals surface area contributed by atoms with Gasteiger partial charge in [0.2, 0.25) is 6.54 Å². The number of nitrogens with zero attached hydrogens (tertiary/aromatic N) is 1. The molecule has 0 amide bonds. The predicted octanol–water partition coefficient (Wildman–Crippen LogP) is 2.15. The van der Waals surface area contributed by atoms with Gasteiger partial charge in [0.1, 0.15) is 6.10 Å². The third-order valence-corrected chi connectivity index (χ3v) is 3.14. The molecule has 4 heteroatoms. The van der Waals surface area contributed by atoms with E-state index in [-0.39, 0.29) is 29.8 Å². The van der Waals surface area contributed by atoms with Crippen LogP contribution in [0.3, 0.4) is 0 Å². The van der Waals surface area contributed by atoms with E-state index in [2.05, 4.69) is 0 Å². The standard InChI is InChI=1S/C15H22NO3/c1-11(17)13-6-8-16(9-7-13)10-14(18)19-12(2)15(3,4)5/h6-9,12H,10H2,1-5H3/q+1/t12-/m1/s1. The summed E-state index contributed by atoms with van der Waals surface area (Å²) in [5.74, 6) is -0.265. The molecule has 0 saturated carbocycles. The highest BCUT2D eigenvalue weighted by Gasteiger charge is 2.25. The Hall–Kier alpha value is -1.71. The highest BCUT2D eigenvalue weighted by atomic mass is 16.5. The number of Topliss-reactive ketones (excluding diaryl/α,β-unsaturated/α-hetero) is 1. The van der Waals surface area contributed by atoms with Crippen molar-refractivity contribution in [2.24, 2.45) is 5.41 Å². The highest BCUT2D eigenvalue weighted by molar-refractivity contribution is 5.93. The topological polar surface area (TPSA) is 47.2 Å². The van der Waals surface area contributed by atoms with Crippen LogP contribution in [-0.4, -0.2) is 17.9 Å². The second-order valence-electron chi connectivity index (χ2n) is 5.81. The van der Waals surface area contributed by atoms with Gasteiger partial charge in [0.25, 0.3) is 0 Å². The number of hydrogen-bond acceptors (Lipinski definition) is 3. The minimum absolute atomic E-state index is 0.0103. The van der Waals surface area contributed by atoms with Gasteiger partial charge in [-0.25, -0.2) is 4.79 Å². The molecule has 0 unspecified atom stereocenters. The SMILES string of the molecule is CC(=O)c1cc[n+](CC(=O)O[C@H](C)C(C)(C)C)cc1. The van der Waals surface area contributed by atoms with Gasteiger partial charge >= 0.3 is 5.97 Å². The number of pyridine rings is 1. The third kappa shape index (κ3) is 4.81. The van der Waals surface area contributed by atoms with Crippen LogP contribution in [0.25, 0.3) is 0 Å². The molecule has 0 aliphatic carbocycles. The molecule has 1 aromatic heterocycles. The van der Waals surface area contributed by atoms with Crippen LogP contribution < -0.4 is 4.57 Å². The zero-order chi connectivity index (χ0) is 14.6. The molecule has 1 aromatic rings. The first-order valence-corrected chi connectivity index (χ1v) is 6.39. The fourth-order valence-electron chi connectivity index (χ4n) is 1.36. The number of esters is 1. The van der Waals surface area contributed by atoms with Crippen molar-refractivity contribution in [1.29, 1.82) is 0 Å². The Bertz CT molecular complexity index is 457. The van der Waals surface area contributed by atoms with Crippen molar-refractivity contribution < 1.29 is 18.9 Å². The lowest BCUT2D eigenvalue weighted by molar-refractivity contribution is -0.686. The van der Waals surface area contributed by atoms with Gasteiger partial charge < -0.3 is 4.74 Å². The maximum atomic E-state index is 11.8. The number of aromatic nitrogens is 1. The number of ketones is 1. The van der Waals surface area contributed by atoms with Gasteiger partial charge in [-0.15, -0.1) is 0 Å². The Labute approximate surface area is 114 Å². The molecular weight excluding hydrogens is 242 g/mol. The molecular formula is C15H22NO3+. The summed E-state index contributed by atoms with van der Waals surface area (Å²) in [6, 6.07) is 3.39. The molecule has 19 heavy (non-hydrogen) atoms. The average Bonchev–Trinajstić information content (AvgIpc) is 2.28. The summed E-state index contributed by atoms with van der Waals surface area (Å²) in [6.45, 7) is 9.64. The lowest BCUT2D eigenvalue weighted by Crippen LogP contribution is -2.40. The van der Waals surface area contributed by atoms with Gasteiger partial charge in [-0.3, -0.25) is 4.79 Å². The second kappa shape index (κ2) is 5.95. The average molecular weight is 264 g/mol. The van der Waals surface area contributed by atoms with E-state index < -0.39 is 0 Å². The number of carbonyl (C=O) groups is 2. The van der Waals surface area contributed by atoms with E-state index in [9.17, 15) is 9.59 Å². The number of ether oxygens (including phenoxy) is 1. The maximum absolute atomic E-state index is 11.8. The van der Waals surface area contributed by atoms with Crippen LogP contribution in [0.4, 0.5) is 0 Å². The summed E-state index contributed by atoms with van der Waals surface area (Å²) in [5.41, 5.74) is 0.561. The van der Waals surface area contributed by atoms with Crippen molar-refractivity contribution in [3.05, 3.63) is 30.1 Å². The minimum atomic E-state index is -0.275. The van der Waals surface area contributed by atoms with Gasteiger partial charge in [-0.2, -0.15) is 4.57 Å². The predicted molar refractivity (Wildman–Crippen MR) is 71.7 cm³/mol. The molecule has 0 spiro atoms. The quantitative estimate of drug-likeness (QED) is 0.475. The molecule has 0 fully saturated rings. The van der Waals surface area contributed by atoms with Crippen LogP contribution >= 0.6 is 0 Å². The van der Waals surface area contributed by atoms with E-state index in [0.717, 1.165) is 0 Å². The van der Waals surface area contributed by atoms with E-state index in [0.29, 0.717) is 5.56 Å². The Kier molecular flexibility index (Phi) is 4.81. The summed E-state index contributed by atoms with van der Waals surface area (Å²) < 4.78 is 7.07. The van der Waals surface area contributed by atoms with Gasteiger partial charge in [0, 0.05) is 17.7 Å². The van der Waals surface area contributed by atoms with E-state index in [1.807, 2.05) is 27.7 Å². The van der Waals surface area contributed by atoms with Crippen LogP contribution in [0.15, 0.2) is 24.5 Å². The smallest absolute Gasteiger partial charge is 0.372 e. The Balaban J connectivity index is 2.60. The summed E-state index contributed by atoms with van der Waals surface area (Å²) >= 11 is 0. The zero-order valence-electron chi connectivity index (χ0n) is 12.3. The summed E-state index contributed by atoms with van der Waals surface area (Å²) in [7, 11) is 0. The summed E-state index contributed by atoms with van der Waals surface area (Å²) in [6.07, 6.45) is 3.27. The fraction of sp³-hybridized carbons (Fsp3) is 0.533. The van der Waals surface area contributed by atoms with Gasteiger partial charge in [-0.1, -0.05) is 20.8 Å². The monoisotopic (exact) mass is 264 g/mol. The van der Waals surface area contributed by atoms with Crippen LogP contribution in [0.5, 0.6) is 0 Å². The van der Waals surface area contributed by atoms with E-state index in [1.54, 1.807) is 29.1 Å². The highest BCUT2D eigenvalue weighted by Crippen LogP contribution is 2.21. The number of hydrogen-bond donors (Lipinski definition) is 0. The molecule has 0 aromatic carbocycles. The van der Waals surface area contributed by atoms with Crippen molar-refractivity contribution in [2.45, 2.75) is 47.3 Å².